The van der Waals surface area contributed by atoms with Gasteiger partial charge in [0.05, 0.1) is 5.69 Å². The third kappa shape index (κ3) is 3.36. The molecule has 4 rings (SSSR count). The first kappa shape index (κ1) is 17.1. The van der Waals surface area contributed by atoms with Crippen LogP contribution in [0.4, 0.5) is 20.3 Å². The fourth-order valence-electron chi connectivity index (χ4n) is 3.14. The van der Waals surface area contributed by atoms with Gasteiger partial charge in [-0.1, -0.05) is 24.3 Å². The molecule has 3 heterocycles. The zero-order chi connectivity index (χ0) is 18.8. The molecule has 2 aromatic heterocycles. The zero-order valence-corrected chi connectivity index (χ0v) is 14.2. The Morgan fingerprint density at radius 2 is 2.04 bits per heavy atom. The Morgan fingerprint density at radius 1 is 1.15 bits per heavy atom. The average molecular weight is 366 g/mol. The number of aldehydes is 1. The number of benzene rings is 1. The van der Waals surface area contributed by atoms with Crippen LogP contribution in [0.25, 0.3) is 11.1 Å². The highest BCUT2D eigenvalue weighted by atomic mass is 19.3. The van der Waals surface area contributed by atoms with Crippen molar-refractivity contribution in [3.8, 4) is 11.1 Å². The molecular weight excluding hydrogens is 350 g/mol. The van der Waals surface area contributed by atoms with Crippen LogP contribution in [-0.2, 0) is 11.3 Å². The number of anilines is 2. The Morgan fingerprint density at radius 3 is 2.78 bits per heavy atom. The summed E-state index contributed by atoms with van der Waals surface area (Å²) in [5.41, 5.74) is 3.02. The van der Waals surface area contributed by atoms with E-state index in [-0.39, 0.29) is 5.56 Å². The summed E-state index contributed by atoms with van der Waals surface area (Å²) in [5, 5.41) is 3.07. The molecule has 1 aromatic carbocycles. The number of nitrogens with one attached hydrogen (secondary N) is 1. The van der Waals surface area contributed by atoms with Crippen LogP contribution in [0.2, 0.25) is 0 Å². The SMILES string of the molecule is O=CC1Nc2ncc(-c3cccc(C(F)F)c3)cc2N1Cc1cccnc1. The van der Waals surface area contributed by atoms with Gasteiger partial charge < -0.3 is 10.2 Å². The highest BCUT2D eigenvalue weighted by molar-refractivity contribution is 5.85. The van der Waals surface area contributed by atoms with Crippen molar-refractivity contribution < 1.29 is 13.6 Å². The largest absolute Gasteiger partial charge is 0.342 e. The van der Waals surface area contributed by atoms with Crippen molar-refractivity contribution in [1.29, 1.82) is 0 Å². The van der Waals surface area contributed by atoms with Gasteiger partial charge in [0.1, 0.15) is 0 Å². The van der Waals surface area contributed by atoms with Crippen molar-refractivity contribution in [1.82, 2.24) is 9.97 Å². The fourth-order valence-corrected chi connectivity index (χ4v) is 3.14. The summed E-state index contributed by atoms with van der Waals surface area (Å²) in [4.78, 5) is 21.9. The lowest BCUT2D eigenvalue weighted by Gasteiger charge is -2.22. The van der Waals surface area contributed by atoms with Gasteiger partial charge in [0, 0.05) is 36.3 Å². The van der Waals surface area contributed by atoms with Crippen LogP contribution in [-0.4, -0.2) is 22.4 Å². The van der Waals surface area contributed by atoms with Crippen LogP contribution in [0, 0.1) is 0 Å². The van der Waals surface area contributed by atoms with Crippen molar-refractivity contribution in [2.24, 2.45) is 0 Å². The highest BCUT2D eigenvalue weighted by Crippen LogP contribution is 2.37. The third-order valence-electron chi connectivity index (χ3n) is 4.47. The number of hydrogen-bond acceptors (Lipinski definition) is 5. The summed E-state index contributed by atoms with van der Waals surface area (Å²) >= 11 is 0. The van der Waals surface area contributed by atoms with Crippen LogP contribution in [0.15, 0.2) is 61.1 Å². The Labute approximate surface area is 154 Å². The lowest BCUT2D eigenvalue weighted by atomic mass is 10.0. The monoisotopic (exact) mass is 366 g/mol. The van der Waals surface area contributed by atoms with E-state index in [0.29, 0.717) is 23.5 Å². The molecule has 0 spiro atoms. The lowest BCUT2D eigenvalue weighted by Crippen LogP contribution is -2.36. The molecule has 0 saturated carbocycles. The van der Waals surface area contributed by atoms with Crippen LogP contribution < -0.4 is 10.2 Å². The van der Waals surface area contributed by atoms with E-state index >= 15 is 0 Å². The minimum Gasteiger partial charge on any atom is -0.342 e. The van der Waals surface area contributed by atoms with Crippen molar-refractivity contribution >= 4 is 17.8 Å². The van der Waals surface area contributed by atoms with Crippen molar-refractivity contribution in [2.45, 2.75) is 19.1 Å². The van der Waals surface area contributed by atoms with Crippen LogP contribution in [0.3, 0.4) is 0 Å². The quantitative estimate of drug-likeness (QED) is 0.691. The van der Waals surface area contributed by atoms with Gasteiger partial charge in [0.25, 0.3) is 6.43 Å². The Bertz CT molecular complexity index is 965. The van der Waals surface area contributed by atoms with E-state index in [1.54, 1.807) is 30.7 Å². The van der Waals surface area contributed by atoms with Gasteiger partial charge in [-0.15, -0.1) is 0 Å². The molecule has 1 unspecified atom stereocenters. The highest BCUT2D eigenvalue weighted by Gasteiger charge is 2.30. The number of carbonyl (C=O) groups excluding carboxylic acids is 1. The van der Waals surface area contributed by atoms with Gasteiger partial charge in [0.15, 0.2) is 18.3 Å². The van der Waals surface area contributed by atoms with Gasteiger partial charge in [-0.05, 0) is 29.3 Å². The second-order valence-corrected chi connectivity index (χ2v) is 6.23. The Balaban J connectivity index is 1.71. The van der Waals surface area contributed by atoms with Crippen molar-refractivity contribution in [2.75, 3.05) is 10.2 Å². The van der Waals surface area contributed by atoms with Crippen LogP contribution >= 0.6 is 0 Å². The number of fused-ring (bicyclic) bond motifs is 1. The number of hydrogen-bond donors (Lipinski definition) is 1. The van der Waals surface area contributed by atoms with E-state index in [2.05, 4.69) is 15.3 Å². The molecule has 0 amide bonds. The normalized spacial score (nSPS) is 15.5. The fraction of sp³-hybridized carbons (Fsp3) is 0.150. The summed E-state index contributed by atoms with van der Waals surface area (Å²) in [6.07, 6.45) is 2.78. The maximum atomic E-state index is 13.0. The zero-order valence-electron chi connectivity index (χ0n) is 14.2. The van der Waals surface area contributed by atoms with Crippen LogP contribution in [0.5, 0.6) is 0 Å². The van der Waals surface area contributed by atoms with Crippen LogP contribution in [0.1, 0.15) is 17.6 Å². The number of nitrogens with zero attached hydrogens (tertiary/aromatic N) is 3. The molecule has 0 aliphatic carbocycles. The second kappa shape index (κ2) is 7.11. The van der Waals surface area contributed by atoms with E-state index < -0.39 is 12.6 Å². The second-order valence-electron chi connectivity index (χ2n) is 6.23. The number of halogens is 2. The average Bonchev–Trinajstić information content (AvgIpc) is 3.05. The van der Waals surface area contributed by atoms with Gasteiger partial charge in [0.2, 0.25) is 0 Å². The molecule has 27 heavy (non-hydrogen) atoms. The lowest BCUT2D eigenvalue weighted by molar-refractivity contribution is -0.108. The summed E-state index contributed by atoms with van der Waals surface area (Å²) < 4.78 is 26.0. The number of rotatable bonds is 5. The van der Waals surface area contributed by atoms with Crippen molar-refractivity contribution in [3.63, 3.8) is 0 Å². The number of carbonyl (C=O) groups is 1. The third-order valence-corrected chi connectivity index (χ3v) is 4.47. The topological polar surface area (TPSA) is 58.1 Å². The van der Waals surface area contributed by atoms with E-state index in [4.69, 9.17) is 0 Å². The van der Waals surface area contributed by atoms with E-state index in [9.17, 15) is 13.6 Å². The Kier molecular flexibility index (Phi) is 4.50. The maximum absolute atomic E-state index is 13.0. The predicted octanol–water partition coefficient (Wildman–Crippen LogP) is 4.04. The predicted molar refractivity (Wildman–Crippen MR) is 98.5 cm³/mol. The molecule has 1 N–H and O–H groups in total. The smallest absolute Gasteiger partial charge is 0.263 e. The van der Waals surface area contributed by atoms with E-state index in [1.807, 2.05) is 23.1 Å². The molecule has 0 radical (unpaired) electrons. The molecule has 7 heteroatoms. The first-order chi connectivity index (χ1) is 13.2. The summed E-state index contributed by atoms with van der Waals surface area (Å²) in [7, 11) is 0. The minimum absolute atomic E-state index is 0.0379. The Hall–Kier alpha value is -3.35. The number of aromatic nitrogens is 2. The molecule has 1 atom stereocenters. The van der Waals surface area contributed by atoms with E-state index in [1.165, 1.54) is 12.1 Å². The molecular formula is C20H16F2N4O. The first-order valence-electron chi connectivity index (χ1n) is 8.41. The van der Waals surface area contributed by atoms with E-state index in [0.717, 1.165) is 17.5 Å². The number of alkyl halides is 2. The molecule has 0 fully saturated rings. The van der Waals surface area contributed by atoms with Gasteiger partial charge in [-0.3, -0.25) is 9.78 Å². The summed E-state index contributed by atoms with van der Waals surface area (Å²) in [6.45, 7) is 0.472. The van der Waals surface area contributed by atoms with Crippen molar-refractivity contribution in [3.05, 3.63) is 72.2 Å². The molecule has 1 aliphatic heterocycles. The molecule has 136 valence electrons. The molecule has 1 aliphatic rings. The minimum atomic E-state index is -2.53. The summed E-state index contributed by atoms with van der Waals surface area (Å²) in [6, 6.07) is 11.8. The molecule has 5 nitrogen and oxygen atoms in total. The molecule has 0 bridgehead atoms. The standard InChI is InChI=1S/C20H16F2N4O/c21-19(22)15-5-1-4-14(7-15)16-8-17-20(24-10-16)25-18(12-27)26(17)11-13-3-2-6-23-9-13/h1-10,12,18-19H,11H2,(H,24,25). The van der Waals surface area contributed by atoms with Gasteiger partial charge in [-0.2, -0.15) is 0 Å². The maximum Gasteiger partial charge on any atom is 0.263 e. The van der Waals surface area contributed by atoms with Gasteiger partial charge in [-0.25, -0.2) is 13.8 Å². The van der Waals surface area contributed by atoms with Gasteiger partial charge >= 0.3 is 0 Å². The first-order valence-corrected chi connectivity index (χ1v) is 8.41. The summed E-state index contributed by atoms with van der Waals surface area (Å²) in [5.74, 6) is 0.588. The molecule has 0 saturated heterocycles. The molecule has 3 aromatic rings. The number of pyridine rings is 2.